The van der Waals surface area contributed by atoms with Crippen molar-refractivity contribution < 1.29 is 4.74 Å². The van der Waals surface area contributed by atoms with E-state index >= 15 is 0 Å². The molecule has 1 aromatic rings. The number of aromatic nitrogens is 1. The number of guanidine groups is 1. The third-order valence-corrected chi connectivity index (χ3v) is 6.13. The number of nitrogens with one attached hydrogen (secondary N) is 2. The lowest BCUT2D eigenvalue weighted by molar-refractivity contribution is 0.121. The number of halogens is 1. The maximum atomic E-state index is 5.19. The number of nitrogens with zero attached hydrogens (tertiary/aromatic N) is 4. The molecule has 30 heavy (non-hydrogen) atoms. The van der Waals surface area contributed by atoms with E-state index in [0.717, 1.165) is 69.0 Å². The van der Waals surface area contributed by atoms with Crippen LogP contribution in [0.5, 0.6) is 0 Å². The molecule has 2 aliphatic rings. The van der Waals surface area contributed by atoms with Crippen LogP contribution in [0.3, 0.4) is 0 Å². The second-order valence-corrected chi connectivity index (χ2v) is 8.27. The second-order valence-electron chi connectivity index (χ2n) is 8.27. The summed E-state index contributed by atoms with van der Waals surface area (Å²) in [6.07, 6.45) is 4.70. The van der Waals surface area contributed by atoms with Crippen LogP contribution < -0.4 is 15.5 Å². The number of methoxy groups -OCH3 is 1. The molecule has 2 saturated heterocycles. The summed E-state index contributed by atoms with van der Waals surface area (Å²) >= 11 is 0. The van der Waals surface area contributed by atoms with E-state index in [4.69, 9.17) is 4.74 Å². The molecule has 3 rings (SSSR count). The summed E-state index contributed by atoms with van der Waals surface area (Å²) in [4.78, 5) is 14.0. The van der Waals surface area contributed by atoms with Gasteiger partial charge in [-0.05, 0) is 63.7 Å². The molecule has 2 N–H and O–H groups in total. The third kappa shape index (κ3) is 7.85. The lowest BCUT2D eigenvalue weighted by Gasteiger charge is -2.34. The van der Waals surface area contributed by atoms with E-state index < -0.39 is 0 Å². The normalized spacial score (nSPS) is 19.4. The van der Waals surface area contributed by atoms with Crippen LogP contribution in [0.2, 0.25) is 0 Å². The van der Waals surface area contributed by atoms with Crippen LogP contribution >= 0.6 is 24.0 Å². The number of ether oxygens (including phenoxy) is 1. The Balaban J connectivity index is 0.00000320. The fourth-order valence-corrected chi connectivity index (χ4v) is 4.22. The van der Waals surface area contributed by atoms with Crippen molar-refractivity contribution in [2.75, 3.05) is 64.9 Å². The molecule has 0 saturated carbocycles. The summed E-state index contributed by atoms with van der Waals surface area (Å²) in [5.41, 5.74) is 1.08. The Hall–Kier alpha value is -1.13. The predicted octanol–water partition coefficient (Wildman–Crippen LogP) is 2.50. The number of hydrogen-bond acceptors (Lipinski definition) is 5. The largest absolute Gasteiger partial charge is 0.383 e. The number of piperidine rings is 2. The Labute approximate surface area is 199 Å². The summed E-state index contributed by atoms with van der Waals surface area (Å²) < 4.78 is 5.19. The molecule has 0 amide bonds. The molecular formula is C22H39IN6O. The van der Waals surface area contributed by atoms with Crippen LogP contribution in [-0.4, -0.2) is 81.9 Å². The van der Waals surface area contributed by atoms with Crippen molar-refractivity contribution in [2.24, 2.45) is 10.9 Å². The van der Waals surface area contributed by atoms with Crippen LogP contribution in [0.4, 0.5) is 5.82 Å². The molecule has 0 bridgehead atoms. The van der Waals surface area contributed by atoms with E-state index in [9.17, 15) is 0 Å². The first-order chi connectivity index (χ1) is 14.2. The highest BCUT2D eigenvalue weighted by Gasteiger charge is 2.22. The molecule has 0 atom stereocenters. The van der Waals surface area contributed by atoms with Crippen molar-refractivity contribution >= 4 is 35.8 Å². The van der Waals surface area contributed by atoms with Gasteiger partial charge in [-0.3, -0.25) is 4.99 Å². The highest BCUT2D eigenvalue weighted by atomic mass is 127. The molecule has 8 heteroatoms. The monoisotopic (exact) mass is 530 g/mol. The fourth-order valence-electron chi connectivity index (χ4n) is 4.22. The van der Waals surface area contributed by atoms with Gasteiger partial charge >= 0.3 is 0 Å². The van der Waals surface area contributed by atoms with Gasteiger partial charge in [-0.2, -0.15) is 0 Å². The minimum absolute atomic E-state index is 0. The number of aliphatic imine (C=N–C) groups is 1. The van der Waals surface area contributed by atoms with Gasteiger partial charge in [0.15, 0.2) is 5.96 Å². The van der Waals surface area contributed by atoms with E-state index in [-0.39, 0.29) is 24.0 Å². The van der Waals surface area contributed by atoms with Crippen LogP contribution in [-0.2, 0) is 4.74 Å². The van der Waals surface area contributed by atoms with Gasteiger partial charge in [-0.1, -0.05) is 6.07 Å². The summed E-state index contributed by atoms with van der Waals surface area (Å²) in [7, 11) is 3.65. The SMILES string of the molecule is CN=C(NCC1CCN(CCOC)CC1)NC1CCN(c2cccc(C)n2)CC1.I. The summed E-state index contributed by atoms with van der Waals surface area (Å²) in [5.74, 6) is 2.77. The molecule has 0 radical (unpaired) electrons. The second kappa shape index (κ2) is 13.3. The van der Waals surface area contributed by atoms with Gasteiger partial charge < -0.3 is 25.2 Å². The smallest absolute Gasteiger partial charge is 0.191 e. The molecular weight excluding hydrogens is 491 g/mol. The van der Waals surface area contributed by atoms with Crippen molar-refractivity contribution in [3.05, 3.63) is 23.9 Å². The van der Waals surface area contributed by atoms with Gasteiger partial charge in [-0.25, -0.2) is 4.98 Å². The van der Waals surface area contributed by atoms with Crippen molar-refractivity contribution in [1.82, 2.24) is 20.5 Å². The summed E-state index contributed by atoms with van der Waals surface area (Å²) in [6.45, 7) is 9.35. The number of likely N-dealkylation sites (tertiary alicyclic amines) is 1. The van der Waals surface area contributed by atoms with Gasteiger partial charge in [0.25, 0.3) is 0 Å². The van der Waals surface area contributed by atoms with E-state index in [1.807, 2.05) is 7.05 Å². The first-order valence-corrected chi connectivity index (χ1v) is 11.0. The summed E-state index contributed by atoms with van der Waals surface area (Å²) in [6, 6.07) is 6.73. The van der Waals surface area contributed by atoms with Crippen molar-refractivity contribution in [3.8, 4) is 0 Å². The van der Waals surface area contributed by atoms with Gasteiger partial charge in [0.05, 0.1) is 6.61 Å². The molecule has 0 unspecified atom stereocenters. The lowest BCUT2D eigenvalue weighted by atomic mass is 9.97. The number of rotatable bonds is 7. The predicted molar refractivity (Wildman–Crippen MR) is 135 cm³/mol. The maximum Gasteiger partial charge on any atom is 0.191 e. The van der Waals surface area contributed by atoms with E-state index in [1.54, 1.807) is 7.11 Å². The van der Waals surface area contributed by atoms with Crippen LogP contribution in [0.25, 0.3) is 0 Å². The molecule has 3 heterocycles. The zero-order valence-electron chi connectivity index (χ0n) is 18.8. The molecule has 1 aromatic heterocycles. The van der Waals surface area contributed by atoms with E-state index in [1.165, 1.54) is 25.9 Å². The topological polar surface area (TPSA) is 65.0 Å². The average Bonchev–Trinajstić information content (AvgIpc) is 2.76. The van der Waals surface area contributed by atoms with Gasteiger partial charge in [0.2, 0.25) is 0 Å². The molecule has 2 aliphatic heterocycles. The highest BCUT2D eigenvalue weighted by molar-refractivity contribution is 14.0. The highest BCUT2D eigenvalue weighted by Crippen LogP contribution is 2.18. The maximum absolute atomic E-state index is 5.19. The fraction of sp³-hybridized carbons (Fsp3) is 0.727. The Morgan fingerprint density at radius 1 is 1.17 bits per heavy atom. The van der Waals surface area contributed by atoms with E-state index in [2.05, 4.69) is 55.5 Å². The van der Waals surface area contributed by atoms with Crippen molar-refractivity contribution in [3.63, 3.8) is 0 Å². The zero-order chi connectivity index (χ0) is 20.5. The number of pyridine rings is 1. The minimum Gasteiger partial charge on any atom is -0.383 e. The van der Waals surface area contributed by atoms with Crippen molar-refractivity contribution in [1.29, 1.82) is 0 Å². The Morgan fingerprint density at radius 2 is 1.90 bits per heavy atom. The molecule has 0 aromatic carbocycles. The van der Waals surface area contributed by atoms with Crippen LogP contribution in [0.15, 0.2) is 23.2 Å². The van der Waals surface area contributed by atoms with Crippen LogP contribution in [0, 0.1) is 12.8 Å². The van der Waals surface area contributed by atoms with Crippen molar-refractivity contribution in [2.45, 2.75) is 38.6 Å². The Bertz CT molecular complexity index is 642. The molecule has 0 spiro atoms. The number of anilines is 1. The molecule has 170 valence electrons. The molecule has 7 nitrogen and oxygen atoms in total. The zero-order valence-corrected chi connectivity index (χ0v) is 21.1. The molecule has 0 aliphatic carbocycles. The van der Waals surface area contributed by atoms with E-state index in [0.29, 0.717) is 6.04 Å². The standard InChI is InChI=1S/C22H38N6O.HI/c1-18-5-4-6-21(25-18)28-13-9-20(10-14-28)26-22(23-2)24-17-19-7-11-27(12-8-19)15-16-29-3;/h4-6,19-20H,7-17H2,1-3H3,(H2,23,24,26);1H. The first-order valence-electron chi connectivity index (χ1n) is 11.0. The first kappa shape index (κ1) is 25.1. The van der Waals surface area contributed by atoms with Gasteiger partial charge in [-0.15, -0.1) is 24.0 Å². The number of aryl methyl sites for hydroxylation is 1. The minimum atomic E-state index is 0. The lowest BCUT2D eigenvalue weighted by Crippen LogP contribution is -2.50. The summed E-state index contributed by atoms with van der Waals surface area (Å²) in [5, 5.41) is 7.19. The average molecular weight is 530 g/mol. The third-order valence-electron chi connectivity index (χ3n) is 6.13. The molecule has 2 fully saturated rings. The Kier molecular flexibility index (Phi) is 11.2. The van der Waals surface area contributed by atoms with Gasteiger partial charge in [0, 0.05) is 52.1 Å². The van der Waals surface area contributed by atoms with Crippen LogP contribution in [0.1, 0.15) is 31.4 Å². The Morgan fingerprint density at radius 3 is 2.53 bits per heavy atom. The quantitative estimate of drug-likeness (QED) is 0.321. The number of hydrogen-bond donors (Lipinski definition) is 2. The van der Waals surface area contributed by atoms with Gasteiger partial charge in [0.1, 0.15) is 5.82 Å².